The molecule has 1 unspecified atom stereocenters. The van der Waals surface area contributed by atoms with Crippen LogP contribution < -0.4 is 20.1 Å². The van der Waals surface area contributed by atoms with Gasteiger partial charge in [-0.05, 0) is 66.9 Å². The summed E-state index contributed by atoms with van der Waals surface area (Å²) in [5, 5.41) is 6.61. The van der Waals surface area contributed by atoms with Crippen LogP contribution in [0.25, 0.3) is 11.1 Å². The molecule has 0 aliphatic carbocycles. The van der Waals surface area contributed by atoms with Gasteiger partial charge < -0.3 is 20.1 Å². The van der Waals surface area contributed by atoms with Crippen molar-refractivity contribution in [2.24, 2.45) is 0 Å². The standard InChI is InChI=1S/C27H29N5O3S/c1-3-35-22-12-10-20(11-13-22)25-18-30-27(31-21-7-5-9-24(17-21)36(28)33)32-26(25)29-15-14-19-6-4-8-23(16-19)34-2/h4-13,16-18,28,36H,3,14-15H2,1-2H3,(H2,29,30,31,32). The van der Waals surface area contributed by atoms with Gasteiger partial charge in [-0.15, -0.1) is 0 Å². The highest BCUT2D eigenvalue weighted by atomic mass is 32.2. The smallest absolute Gasteiger partial charge is 0.229 e. The molecular formula is C27H29N5O3S. The minimum absolute atomic E-state index is 0.394. The number of nitrogens with zero attached hydrogens (tertiary/aromatic N) is 2. The fraction of sp³-hybridized carbons (Fsp3) is 0.185. The van der Waals surface area contributed by atoms with Crippen LogP contribution in [0.3, 0.4) is 0 Å². The van der Waals surface area contributed by atoms with E-state index in [2.05, 4.69) is 21.7 Å². The predicted molar refractivity (Wildman–Crippen MR) is 144 cm³/mol. The van der Waals surface area contributed by atoms with Crippen molar-refractivity contribution < 1.29 is 13.7 Å². The molecule has 0 bridgehead atoms. The van der Waals surface area contributed by atoms with Crippen LogP contribution in [0.1, 0.15) is 12.5 Å². The Bertz CT molecular complexity index is 1380. The Labute approximate surface area is 212 Å². The van der Waals surface area contributed by atoms with E-state index in [-0.39, 0.29) is 0 Å². The van der Waals surface area contributed by atoms with Gasteiger partial charge in [-0.2, -0.15) is 4.98 Å². The molecule has 1 atom stereocenters. The van der Waals surface area contributed by atoms with Crippen molar-refractivity contribution >= 4 is 28.0 Å². The van der Waals surface area contributed by atoms with Gasteiger partial charge in [-0.1, -0.05) is 30.3 Å². The predicted octanol–water partition coefficient (Wildman–Crippen LogP) is 5.55. The van der Waals surface area contributed by atoms with Gasteiger partial charge in [0.25, 0.3) is 0 Å². The Morgan fingerprint density at radius 2 is 1.81 bits per heavy atom. The van der Waals surface area contributed by atoms with Gasteiger partial charge in [0.1, 0.15) is 17.3 Å². The van der Waals surface area contributed by atoms with E-state index in [0.717, 1.165) is 34.6 Å². The summed E-state index contributed by atoms with van der Waals surface area (Å²) in [6, 6.07) is 22.7. The van der Waals surface area contributed by atoms with Crippen molar-refractivity contribution in [1.29, 1.82) is 4.78 Å². The highest BCUT2D eigenvalue weighted by Gasteiger charge is 2.11. The Morgan fingerprint density at radius 3 is 2.56 bits per heavy atom. The monoisotopic (exact) mass is 503 g/mol. The topological polar surface area (TPSA) is 109 Å². The van der Waals surface area contributed by atoms with E-state index >= 15 is 0 Å². The first-order valence-corrected chi connectivity index (χ1v) is 12.8. The molecule has 0 aliphatic heterocycles. The molecule has 0 spiro atoms. The van der Waals surface area contributed by atoms with Gasteiger partial charge in [0.2, 0.25) is 5.95 Å². The summed E-state index contributed by atoms with van der Waals surface area (Å²) in [6.45, 7) is 3.22. The van der Waals surface area contributed by atoms with Crippen molar-refractivity contribution in [3.63, 3.8) is 0 Å². The van der Waals surface area contributed by atoms with Crippen LogP contribution in [-0.2, 0) is 17.0 Å². The van der Waals surface area contributed by atoms with Crippen LogP contribution in [0.2, 0.25) is 0 Å². The van der Waals surface area contributed by atoms with E-state index in [0.29, 0.717) is 35.5 Å². The zero-order chi connectivity index (χ0) is 25.3. The SMILES string of the molecule is CCOc1ccc(-c2cnc(Nc3cccc([SH](=N)=O)c3)nc2NCCc2cccc(OC)c2)cc1. The molecule has 1 heterocycles. The number of ether oxygens (including phenoxy) is 2. The lowest BCUT2D eigenvalue weighted by molar-refractivity contribution is 0.340. The summed E-state index contributed by atoms with van der Waals surface area (Å²) in [4.78, 5) is 9.68. The van der Waals surface area contributed by atoms with E-state index in [1.54, 1.807) is 31.5 Å². The van der Waals surface area contributed by atoms with E-state index in [1.165, 1.54) is 0 Å². The van der Waals surface area contributed by atoms with Crippen LogP contribution in [-0.4, -0.2) is 34.4 Å². The second-order valence-electron chi connectivity index (χ2n) is 7.91. The van der Waals surface area contributed by atoms with Crippen LogP contribution in [0, 0.1) is 4.78 Å². The number of hydrogen-bond acceptors (Lipinski definition) is 8. The molecule has 8 nitrogen and oxygen atoms in total. The molecule has 1 aromatic heterocycles. The molecule has 0 amide bonds. The van der Waals surface area contributed by atoms with Crippen molar-refractivity contribution in [3.05, 3.63) is 84.6 Å². The lowest BCUT2D eigenvalue weighted by Gasteiger charge is -2.14. The fourth-order valence-corrected chi connectivity index (χ4v) is 4.16. The van der Waals surface area contributed by atoms with Crippen molar-refractivity contribution in [1.82, 2.24) is 9.97 Å². The molecule has 186 valence electrons. The normalized spacial score (nSPS) is 11.5. The van der Waals surface area contributed by atoms with E-state index < -0.39 is 10.6 Å². The minimum atomic E-state index is -2.18. The van der Waals surface area contributed by atoms with Crippen LogP contribution in [0.15, 0.2) is 83.9 Å². The number of benzene rings is 3. The van der Waals surface area contributed by atoms with E-state index in [1.807, 2.05) is 55.5 Å². The van der Waals surface area contributed by atoms with Gasteiger partial charge in [0.05, 0.1) is 24.3 Å². The number of anilines is 3. The lowest BCUT2D eigenvalue weighted by Crippen LogP contribution is -2.09. The van der Waals surface area contributed by atoms with Crippen molar-refractivity contribution in [2.45, 2.75) is 18.2 Å². The third-order valence-corrected chi connectivity index (χ3v) is 6.19. The summed E-state index contributed by atoms with van der Waals surface area (Å²) in [7, 11) is -0.520. The first-order chi connectivity index (χ1) is 17.6. The van der Waals surface area contributed by atoms with Crippen molar-refractivity contribution in [3.8, 4) is 22.6 Å². The van der Waals surface area contributed by atoms with Crippen LogP contribution in [0.5, 0.6) is 11.5 Å². The molecular weight excluding hydrogens is 474 g/mol. The second kappa shape index (κ2) is 12.0. The molecule has 0 aliphatic rings. The first kappa shape index (κ1) is 25.0. The molecule has 3 N–H and O–H groups in total. The lowest BCUT2D eigenvalue weighted by atomic mass is 10.1. The van der Waals surface area contributed by atoms with Crippen molar-refractivity contribution in [2.75, 3.05) is 30.9 Å². The summed E-state index contributed by atoms with van der Waals surface area (Å²) in [5.41, 5.74) is 3.64. The summed E-state index contributed by atoms with van der Waals surface area (Å²) < 4.78 is 30.0. The van der Waals surface area contributed by atoms with Gasteiger partial charge in [0.15, 0.2) is 0 Å². The Hall–Kier alpha value is -4.11. The average molecular weight is 504 g/mol. The summed E-state index contributed by atoms with van der Waals surface area (Å²) >= 11 is 0. The van der Waals surface area contributed by atoms with E-state index in [4.69, 9.17) is 19.2 Å². The highest BCUT2D eigenvalue weighted by Crippen LogP contribution is 2.29. The zero-order valence-corrected chi connectivity index (χ0v) is 21.1. The Balaban J connectivity index is 1.59. The van der Waals surface area contributed by atoms with E-state index in [9.17, 15) is 4.21 Å². The molecule has 0 saturated carbocycles. The van der Waals surface area contributed by atoms with Crippen LogP contribution >= 0.6 is 0 Å². The number of thiol groups is 1. The molecule has 36 heavy (non-hydrogen) atoms. The van der Waals surface area contributed by atoms with Gasteiger partial charge in [0, 0.05) is 28.9 Å². The number of aromatic nitrogens is 2. The summed E-state index contributed by atoms with van der Waals surface area (Å²) in [5.74, 6) is 2.71. The number of nitrogens with one attached hydrogen (secondary N) is 3. The quantitative estimate of drug-likeness (QED) is 0.199. The molecule has 0 fully saturated rings. The molecule has 4 aromatic rings. The summed E-state index contributed by atoms with van der Waals surface area (Å²) in [6.07, 6.45) is 2.55. The number of hydrogen-bond donors (Lipinski definition) is 4. The third kappa shape index (κ3) is 6.51. The first-order valence-electron chi connectivity index (χ1n) is 11.6. The maximum Gasteiger partial charge on any atom is 0.229 e. The van der Waals surface area contributed by atoms with Gasteiger partial charge in [-0.25, -0.2) is 9.19 Å². The minimum Gasteiger partial charge on any atom is -0.497 e. The zero-order valence-electron chi connectivity index (χ0n) is 20.2. The molecule has 0 radical (unpaired) electrons. The Kier molecular flexibility index (Phi) is 8.36. The molecule has 4 rings (SSSR count). The Morgan fingerprint density at radius 1 is 1.00 bits per heavy atom. The second-order valence-corrected chi connectivity index (χ2v) is 9.02. The fourth-order valence-electron chi connectivity index (χ4n) is 3.68. The molecule has 3 aromatic carbocycles. The highest BCUT2D eigenvalue weighted by molar-refractivity contribution is 7.73. The third-order valence-electron chi connectivity index (χ3n) is 5.44. The van der Waals surface area contributed by atoms with Crippen LogP contribution in [0.4, 0.5) is 17.5 Å². The van der Waals surface area contributed by atoms with Gasteiger partial charge in [-0.3, -0.25) is 4.78 Å². The number of methoxy groups -OCH3 is 1. The molecule has 9 heteroatoms. The maximum absolute atomic E-state index is 11.6. The average Bonchev–Trinajstić information content (AvgIpc) is 2.90. The van der Waals surface area contributed by atoms with Gasteiger partial charge >= 0.3 is 0 Å². The molecule has 0 saturated heterocycles. The number of rotatable bonds is 11. The maximum atomic E-state index is 11.6. The largest absolute Gasteiger partial charge is 0.497 e.